The molecule has 0 bridgehead atoms. The number of amides is 1. The van der Waals surface area contributed by atoms with Crippen LogP contribution in [0.5, 0.6) is 0 Å². The van der Waals surface area contributed by atoms with Crippen molar-refractivity contribution < 1.29 is 9.18 Å². The number of aromatic nitrogens is 2. The van der Waals surface area contributed by atoms with Gasteiger partial charge in [-0.3, -0.25) is 4.79 Å². The molecular weight excluding hydrogens is 305 g/mol. The summed E-state index contributed by atoms with van der Waals surface area (Å²) in [5, 5.41) is 2.90. The number of aryl methyl sites for hydroxylation is 1. The fourth-order valence-electron chi connectivity index (χ4n) is 2.40. The summed E-state index contributed by atoms with van der Waals surface area (Å²) >= 11 is 0. The molecule has 122 valence electrons. The molecule has 3 aromatic rings. The maximum atomic E-state index is 12.8. The van der Waals surface area contributed by atoms with Crippen molar-refractivity contribution >= 4 is 5.91 Å². The number of nitrogens with zero attached hydrogens (tertiary/aromatic N) is 2. The molecule has 1 aromatic heterocycles. The average Bonchev–Trinajstić information content (AvgIpc) is 3.14. The van der Waals surface area contributed by atoms with Crippen molar-refractivity contribution in [1.29, 1.82) is 0 Å². The zero-order valence-electron chi connectivity index (χ0n) is 13.2. The lowest BCUT2D eigenvalue weighted by Gasteiger charge is -2.07. The van der Waals surface area contributed by atoms with E-state index in [2.05, 4.69) is 10.3 Å². The predicted octanol–water partition coefficient (Wildman–Crippen LogP) is 3.26. The molecule has 0 aliphatic heterocycles. The Bertz CT molecular complexity index is 780. The van der Waals surface area contributed by atoms with Crippen LogP contribution in [0.1, 0.15) is 17.5 Å². The van der Waals surface area contributed by atoms with Gasteiger partial charge in [0.05, 0.1) is 6.33 Å². The fourth-order valence-corrected chi connectivity index (χ4v) is 2.40. The maximum absolute atomic E-state index is 12.8. The molecule has 0 unspecified atom stereocenters. The maximum Gasteiger partial charge on any atom is 0.220 e. The standard InChI is InChI=1S/C19H18FN3O/c20-17-6-1-15(2-7-17)5-10-19(24)22-13-16-3-8-18(9-4-16)23-12-11-21-14-23/h1-4,6-9,11-12,14H,5,10,13H2,(H,22,24). The van der Waals surface area contributed by atoms with E-state index in [1.165, 1.54) is 12.1 Å². The van der Waals surface area contributed by atoms with E-state index in [9.17, 15) is 9.18 Å². The van der Waals surface area contributed by atoms with Crippen molar-refractivity contribution in [2.24, 2.45) is 0 Å². The first-order valence-corrected chi connectivity index (χ1v) is 7.79. The normalized spacial score (nSPS) is 10.5. The molecule has 0 fully saturated rings. The molecule has 0 aliphatic rings. The minimum Gasteiger partial charge on any atom is -0.352 e. The van der Waals surface area contributed by atoms with E-state index in [0.717, 1.165) is 16.8 Å². The topological polar surface area (TPSA) is 46.9 Å². The first-order valence-electron chi connectivity index (χ1n) is 7.79. The van der Waals surface area contributed by atoms with Gasteiger partial charge in [0.25, 0.3) is 0 Å². The highest BCUT2D eigenvalue weighted by atomic mass is 19.1. The molecule has 5 heteroatoms. The van der Waals surface area contributed by atoms with Crippen molar-refractivity contribution in [2.75, 3.05) is 0 Å². The van der Waals surface area contributed by atoms with Gasteiger partial charge in [-0.2, -0.15) is 0 Å². The van der Waals surface area contributed by atoms with Gasteiger partial charge in [-0.15, -0.1) is 0 Å². The van der Waals surface area contributed by atoms with E-state index in [4.69, 9.17) is 0 Å². The number of nitrogens with one attached hydrogen (secondary N) is 1. The fraction of sp³-hybridized carbons (Fsp3) is 0.158. The molecule has 4 nitrogen and oxygen atoms in total. The molecule has 1 amide bonds. The van der Waals surface area contributed by atoms with Gasteiger partial charge < -0.3 is 9.88 Å². The van der Waals surface area contributed by atoms with Crippen LogP contribution in [0.4, 0.5) is 4.39 Å². The highest BCUT2D eigenvalue weighted by Crippen LogP contribution is 2.09. The quantitative estimate of drug-likeness (QED) is 0.757. The van der Waals surface area contributed by atoms with Crippen LogP contribution in [0, 0.1) is 5.82 Å². The molecule has 0 saturated carbocycles. The average molecular weight is 323 g/mol. The van der Waals surface area contributed by atoms with Crippen molar-refractivity contribution in [1.82, 2.24) is 14.9 Å². The van der Waals surface area contributed by atoms with Gasteiger partial charge in [0, 0.05) is 31.0 Å². The first kappa shape index (κ1) is 15.9. The molecule has 0 atom stereocenters. The van der Waals surface area contributed by atoms with Gasteiger partial charge in [0.15, 0.2) is 0 Å². The number of imidazole rings is 1. The van der Waals surface area contributed by atoms with E-state index < -0.39 is 0 Å². The Morgan fingerprint density at radius 1 is 1.04 bits per heavy atom. The second-order valence-corrected chi connectivity index (χ2v) is 5.54. The van der Waals surface area contributed by atoms with Crippen LogP contribution in [-0.2, 0) is 17.8 Å². The second kappa shape index (κ2) is 7.55. The number of hydrogen-bond acceptors (Lipinski definition) is 2. The summed E-state index contributed by atoms with van der Waals surface area (Å²) < 4.78 is 14.7. The molecule has 1 N–H and O–H groups in total. The summed E-state index contributed by atoms with van der Waals surface area (Å²) in [6.07, 6.45) is 6.35. The van der Waals surface area contributed by atoms with Crippen LogP contribution in [0.15, 0.2) is 67.3 Å². The van der Waals surface area contributed by atoms with Crippen molar-refractivity contribution in [3.63, 3.8) is 0 Å². The summed E-state index contributed by atoms with van der Waals surface area (Å²) in [4.78, 5) is 15.9. The number of benzene rings is 2. The largest absolute Gasteiger partial charge is 0.352 e. The number of carbonyl (C=O) groups is 1. The summed E-state index contributed by atoms with van der Waals surface area (Å²) in [5.41, 5.74) is 3.02. The van der Waals surface area contributed by atoms with E-state index >= 15 is 0 Å². The number of rotatable bonds is 6. The van der Waals surface area contributed by atoms with Crippen LogP contribution < -0.4 is 5.32 Å². The molecule has 0 aliphatic carbocycles. The van der Waals surface area contributed by atoms with Crippen LogP contribution in [0.3, 0.4) is 0 Å². The minimum absolute atomic E-state index is 0.0157. The second-order valence-electron chi connectivity index (χ2n) is 5.54. The number of carbonyl (C=O) groups excluding carboxylic acids is 1. The van der Waals surface area contributed by atoms with Gasteiger partial charge in [-0.25, -0.2) is 9.37 Å². The summed E-state index contributed by atoms with van der Waals surface area (Å²) in [5.74, 6) is -0.277. The van der Waals surface area contributed by atoms with Crippen LogP contribution >= 0.6 is 0 Å². The van der Waals surface area contributed by atoms with Gasteiger partial charge in [-0.1, -0.05) is 24.3 Å². The monoisotopic (exact) mass is 323 g/mol. The lowest BCUT2D eigenvalue weighted by Crippen LogP contribution is -2.23. The molecule has 1 heterocycles. The van der Waals surface area contributed by atoms with Gasteiger partial charge in [-0.05, 0) is 41.8 Å². The Morgan fingerprint density at radius 2 is 1.75 bits per heavy atom. The third-order valence-corrected chi connectivity index (χ3v) is 3.78. The van der Waals surface area contributed by atoms with E-state index in [1.807, 2.05) is 35.0 Å². The molecule has 2 aromatic carbocycles. The Kier molecular flexibility index (Phi) is 5.01. The summed E-state index contributed by atoms with van der Waals surface area (Å²) in [7, 11) is 0. The number of hydrogen-bond donors (Lipinski definition) is 1. The van der Waals surface area contributed by atoms with E-state index in [0.29, 0.717) is 19.4 Å². The Morgan fingerprint density at radius 3 is 2.42 bits per heavy atom. The van der Waals surface area contributed by atoms with Crippen LogP contribution in [-0.4, -0.2) is 15.5 Å². The molecule has 0 spiro atoms. The van der Waals surface area contributed by atoms with Crippen LogP contribution in [0.2, 0.25) is 0 Å². The SMILES string of the molecule is O=C(CCc1ccc(F)cc1)NCc1ccc(-n2ccnc2)cc1. The minimum atomic E-state index is -0.262. The molecule has 3 rings (SSSR count). The van der Waals surface area contributed by atoms with E-state index in [-0.39, 0.29) is 11.7 Å². The molecule has 0 radical (unpaired) electrons. The molecule has 24 heavy (non-hydrogen) atoms. The Labute approximate surface area is 140 Å². The Hall–Kier alpha value is -2.95. The van der Waals surface area contributed by atoms with Crippen molar-refractivity contribution in [3.05, 3.63) is 84.2 Å². The highest BCUT2D eigenvalue weighted by molar-refractivity contribution is 5.76. The summed E-state index contributed by atoms with van der Waals surface area (Å²) in [6, 6.07) is 14.2. The molecule has 0 saturated heterocycles. The first-order chi connectivity index (χ1) is 11.7. The number of halogens is 1. The highest BCUT2D eigenvalue weighted by Gasteiger charge is 2.03. The smallest absolute Gasteiger partial charge is 0.220 e. The predicted molar refractivity (Wildman–Crippen MR) is 90.1 cm³/mol. The van der Waals surface area contributed by atoms with Gasteiger partial charge in [0.2, 0.25) is 5.91 Å². The zero-order chi connectivity index (χ0) is 16.8. The lowest BCUT2D eigenvalue weighted by atomic mass is 10.1. The Balaban J connectivity index is 1.46. The third kappa shape index (κ3) is 4.29. The third-order valence-electron chi connectivity index (χ3n) is 3.78. The lowest BCUT2D eigenvalue weighted by molar-refractivity contribution is -0.121. The van der Waals surface area contributed by atoms with E-state index in [1.54, 1.807) is 24.7 Å². The van der Waals surface area contributed by atoms with Crippen molar-refractivity contribution in [2.45, 2.75) is 19.4 Å². The van der Waals surface area contributed by atoms with Gasteiger partial charge in [0.1, 0.15) is 5.82 Å². The molecular formula is C19H18FN3O. The van der Waals surface area contributed by atoms with Crippen LogP contribution in [0.25, 0.3) is 5.69 Å². The van der Waals surface area contributed by atoms with Gasteiger partial charge >= 0.3 is 0 Å². The van der Waals surface area contributed by atoms with Crippen molar-refractivity contribution in [3.8, 4) is 5.69 Å². The zero-order valence-corrected chi connectivity index (χ0v) is 13.2. The summed E-state index contributed by atoms with van der Waals surface area (Å²) in [6.45, 7) is 0.493.